The fourth-order valence-corrected chi connectivity index (χ4v) is 4.92. The third kappa shape index (κ3) is 6.23. The molecule has 3 aromatic rings. The fraction of sp³-hybridized carbons (Fsp3) is 0.429. The Labute approximate surface area is 216 Å². The molecule has 9 nitrogen and oxygen atoms in total. The first kappa shape index (κ1) is 26.5. The molecular formula is C28H35N5O4. The molecule has 37 heavy (non-hydrogen) atoms. The highest BCUT2D eigenvalue weighted by Gasteiger charge is 2.29. The summed E-state index contributed by atoms with van der Waals surface area (Å²) in [5, 5.41) is 10.1. The first-order valence-electron chi connectivity index (χ1n) is 12.8. The lowest BCUT2D eigenvalue weighted by atomic mass is 10.0. The van der Waals surface area contributed by atoms with Crippen LogP contribution in [0.15, 0.2) is 53.5 Å². The van der Waals surface area contributed by atoms with Gasteiger partial charge in [0.15, 0.2) is 0 Å². The minimum Gasteiger partial charge on any atom is -0.392 e. The van der Waals surface area contributed by atoms with Crippen LogP contribution in [0.25, 0.3) is 11.0 Å². The second kappa shape index (κ2) is 11.7. The van der Waals surface area contributed by atoms with E-state index in [1.165, 1.54) is 6.20 Å². The number of nitrogens with zero attached hydrogens (tertiary/aromatic N) is 4. The number of H-pyrrole nitrogens is 1. The molecule has 1 aliphatic heterocycles. The number of likely N-dealkylation sites (tertiary alicyclic amines) is 1. The summed E-state index contributed by atoms with van der Waals surface area (Å²) in [7, 11) is 1.78. The number of aromatic nitrogens is 2. The number of hydrogen-bond acceptors (Lipinski definition) is 6. The van der Waals surface area contributed by atoms with Crippen LogP contribution in [0.5, 0.6) is 0 Å². The molecule has 2 heterocycles. The van der Waals surface area contributed by atoms with Crippen LogP contribution >= 0.6 is 0 Å². The van der Waals surface area contributed by atoms with Crippen LogP contribution in [0.3, 0.4) is 0 Å². The Balaban J connectivity index is 1.60. The number of benzene rings is 2. The van der Waals surface area contributed by atoms with E-state index in [0.717, 1.165) is 17.7 Å². The van der Waals surface area contributed by atoms with E-state index in [4.69, 9.17) is 0 Å². The first-order valence-corrected chi connectivity index (χ1v) is 12.8. The summed E-state index contributed by atoms with van der Waals surface area (Å²) in [6.45, 7) is 7.02. The molecule has 0 spiro atoms. The Bertz CT molecular complexity index is 1320. The predicted molar refractivity (Wildman–Crippen MR) is 142 cm³/mol. The van der Waals surface area contributed by atoms with E-state index in [1.54, 1.807) is 29.0 Å². The van der Waals surface area contributed by atoms with Gasteiger partial charge in [-0.25, -0.2) is 4.98 Å². The molecule has 1 aromatic heterocycles. The molecule has 1 fully saturated rings. The van der Waals surface area contributed by atoms with Gasteiger partial charge in [0.1, 0.15) is 0 Å². The maximum absolute atomic E-state index is 13.5. The van der Waals surface area contributed by atoms with Crippen LogP contribution in [-0.4, -0.2) is 87.5 Å². The van der Waals surface area contributed by atoms with Gasteiger partial charge in [-0.1, -0.05) is 18.2 Å². The zero-order chi connectivity index (χ0) is 26.5. The molecule has 2 amide bonds. The molecule has 0 saturated carbocycles. The Kier molecular flexibility index (Phi) is 8.35. The predicted octanol–water partition coefficient (Wildman–Crippen LogP) is 2.21. The molecular weight excluding hydrogens is 470 g/mol. The molecule has 4 rings (SSSR count). The number of nitrogens with one attached hydrogen (secondary N) is 1. The van der Waals surface area contributed by atoms with Crippen LogP contribution < -0.4 is 5.56 Å². The highest BCUT2D eigenvalue weighted by Crippen LogP contribution is 2.25. The number of β-amino-alcohol motifs (C(OH)–C–C–N with tert-alkyl or cyclic N) is 1. The van der Waals surface area contributed by atoms with Crippen molar-refractivity contribution in [3.63, 3.8) is 0 Å². The van der Waals surface area contributed by atoms with Gasteiger partial charge in [-0.2, -0.15) is 0 Å². The van der Waals surface area contributed by atoms with Crippen LogP contribution in [-0.2, 0) is 11.2 Å². The molecule has 0 radical (unpaired) electrons. The monoisotopic (exact) mass is 505 g/mol. The number of fused-ring (bicyclic) bond motifs is 1. The number of rotatable bonds is 9. The number of likely N-dealkylation sites (N-methyl/N-ethyl adjacent to an activating group) is 1. The zero-order valence-electron chi connectivity index (χ0n) is 21.7. The highest BCUT2D eigenvalue weighted by atomic mass is 16.3. The Hall–Kier alpha value is -3.56. The fourth-order valence-electron chi connectivity index (χ4n) is 4.92. The van der Waals surface area contributed by atoms with Crippen molar-refractivity contribution in [3.05, 3.63) is 75.7 Å². The number of aliphatic hydroxyl groups is 1. The van der Waals surface area contributed by atoms with Crippen molar-refractivity contribution in [1.82, 2.24) is 24.7 Å². The molecule has 9 heteroatoms. The Morgan fingerprint density at radius 3 is 2.68 bits per heavy atom. The maximum atomic E-state index is 13.5. The molecule has 2 atom stereocenters. The summed E-state index contributed by atoms with van der Waals surface area (Å²) >= 11 is 0. The zero-order valence-corrected chi connectivity index (χ0v) is 21.7. The van der Waals surface area contributed by atoms with Crippen molar-refractivity contribution >= 4 is 22.8 Å². The second-order valence-electron chi connectivity index (χ2n) is 9.60. The van der Waals surface area contributed by atoms with Gasteiger partial charge < -0.3 is 19.9 Å². The van der Waals surface area contributed by atoms with Crippen LogP contribution in [0, 0.1) is 0 Å². The molecule has 2 aromatic carbocycles. The van der Waals surface area contributed by atoms with Gasteiger partial charge in [-0.05, 0) is 55.7 Å². The SMILES string of the molecule is CCN(CC)C(=O)c1cccc([C@@H](CN2CC[C@H](O)C2)N(C)C(=O)Cc2ccc3ncc(=O)[nH]c3c2)c1. The highest BCUT2D eigenvalue weighted by molar-refractivity contribution is 5.94. The van der Waals surface area contributed by atoms with Gasteiger partial charge in [0.05, 0.1) is 35.8 Å². The van der Waals surface area contributed by atoms with Crippen LogP contribution in [0.2, 0.25) is 0 Å². The number of aliphatic hydroxyl groups excluding tert-OH is 1. The van der Waals surface area contributed by atoms with Gasteiger partial charge in [0, 0.05) is 45.3 Å². The van der Waals surface area contributed by atoms with E-state index >= 15 is 0 Å². The third-order valence-electron chi connectivity index (χ3n) is 7.10. The molecule has 196 valence electrons. The summed E-state index contributed by atoms with van der Waals surface area (Å²) in [6.07, 6.45) is 1.72. The Morgan fingerprint density at radius 2 is 1.97 bits per heavy atom. The Morgan fingerprint density at radius 1 is 1.19 bits per heavy atom. The van der Waals surface area contributed by atoms with Gasteiger partial charge in [-0.3, -0.25) is 19.3 Å². The first-order chi connectivity index (χ1) is 17.8. The van der Waals surface area contributed by atoms with Crippen molar-refractivity contribution in [1.29, 1.82) is 0 Å². The summed E-state index contributed by atoms with van der Waals surface area (Å²) in [6, 6.07) is 12.6. The molecule has 1 aliphatic rings. The van der Waals surface area contributed by atoms with Gasteiger partial charge >= 0.3 is 0 Å². The van der Waals surface area contributed by atoms with E-state index in [0.29, 0.717) is 49.2 Å². The summed E-state index contributed by atoms with van der Waals surface area (Å²) in [4.78, 5) is 50.7. The molecule has 2 N–H and O–H groups in total. The molecule has 0 aliphatic carbocycles. The van der Waals surface area contributed by atoms with E-state index in [9.17, 15) is 19.5 Å². The molecule has 0 bridgehead atoms. The van der Waals surface area contributed by atoms with E-state index < -0.39 is 0 Å². The minimum atomic E-state index is -0.370. The number of carbonyl (C=O) groups is 2. The minimum absolute atomic E-state index is 0.0325. The number of carbonyl (C=O) groups excluding carboxylic acids is 2. The average molecular weight is 506 g/mol. The smallest absolute Gasteiger partial charge is 0.266 e. The van der Waals surface area contributed by atoms with Gasteiger partial charge in [0.25, 0.3) is 11.5 Å². The quantitative estimate of drug-likeness (QED) is 0.462. The van der Waals surface area contributed by atoms with E-state index in [2.05, 4.69) is 14.9 Å². The number of amides is 2. The normalized spacial score (nSPS) is 16.6. The second-order valence-corrected chi connectivity index (χ2v) is 9.60. The van der Waals surface area contributed by atoms with Crippen molar-refractivity contribution in [3.8, 4) is 0 Å². The van der Waals surface area contributed by atoms with Gasteiger partial charge in [-0.15, -0.1) is 0 Å². The lowest BCUT2D eigenvalue weighted by molar-refractivity contribution is -0.131. The summed E-state index contributed by atoms with van der Waals surface area (Å²) in [5.74, 6) is -0.120. The number of aromatic amines is 1. The van der Waals surface area contributed by atoms with Gasteiger partial charge in [0.2, 0.25) is 5.91 Å². The standard InChI is InChI=1S/C28H35N5O4/c1-4-33(5-2)28(37)21-8-6-7-20(15-21)25(18-32-12-11-22(34)17-32)31(3)27(36)14-19-9-10-23-24(13-19)30-26(35)16-29-23/h6-10,13,15-16,22,25,34H,4-5,11-12,14,17-18H2,1-3H3,(H,30,35)/t22-,25+/m0/s1. The average Bonchev–Trinajstić information content (AvgIpc) is 3.31. The van der Waals surface area contributed by atoms with Crippen LogP contribution in [0.4, 0.5) is 0 Å². The van der Waals surface area contributed by atoms with Crippen molar-refractivity contribution in [2.24, 2.45) is 0 Å². The number of hydrogen-bond donors (Lipinski definition) is 2. The lowest BCUT2D eigenvalue weighted by Crippen LogP contribution is -2.39. The summed E-state index contributed by atoms with van der Waals surface area (Å²) in [5.41, 5.74) is 3.20. The van der Waals surface area contributed by atoms with E-state index in [1.807, 2.05) is 44.2 Å². The topological polar surface area (TPSA) is 110 Å². The van der Waals surface area contributed by atoms with Crippen molar-refractivity contribution in [2.75, 3.05) is 39.8 Å². The van der Waals surface area contributed by atoms with Crippen molar-refractivity contribution in [2.45, 2.75) is 38.8 Å². The molecule has 0 unspecified atom stereocenters. The van der Waals surface area contributed by atoms with E-state index in [-0.39, 0.29) is 35.9 Å². The third-order valence-corrected chi connectivity index (χ3v) is 7.10. The summed E-state index contributed by atoms with van der Waals surface area (Å²) < 4.78 is 0. The van der Waals surface area contributed by atoms with Crippen LogP contribution in [0.1, 0.15) is 47.8 Å². The van der Waals surface area contributed by atoms with Crippen molar-refractivity contribution < 1.29 is 14.7 Å². The molecule has 1 saturated heterocycles. The largest absolute Gasteiger partial charge is 0.392 e. The lowest BCUT2D eigenvalue weighted by Gasteiger charge is -2.32. The maximum Gasteiger partial charge on any atom is 0.266 e.